The number of hydrogen-bond donors (Lipinski definition) is 1. The zero-order valence-corrected chi connectivity index (χ0v) is 20.1. The van der Waals surface area contributed by atoms with Crippen LogP contribution in [0.5, 0.6) is 0 Å². The maximum atomic E-state index is 11.6. The van der Waals surface area contributed by atoms with Crippen LogP contribution in [0.1, 0.15) is 68.0 Å². The predicted molar refractivity (Wildman–Crippen MR) is 129 cm³/mol. The minimum atomic E-state index is -0.952. The number of aryl methyl sites for hydroxylation is 1. The summed E-state index contributed by atoms with van der Waals surface area (Å²) in [6.07, 6.45) is 9.06. The van der Waals surface area contributed by atoms with Gasteiger partial charge in [-0.05, 0) is 78.0 Å². The highest BCUT2D eigenvalue weighted by atomic mass is 32.2. The zero-order valence-electron chi connectivity index (χ0n) is 18.5. The van der Waals surface area contributed by atoms with Crippen LogP contribution in [0.3, 0.4) is 0 Å². The molecule has 1 aromatic heterocycles. The lowest BCUT2D eigenvalue weighted by atomic mass is 9.96. The third kappa shape index (κ3) is 5.69. The Morgan fingerprint density at radius 2 is 1.97 bits per heavy atom. The van der Waals surface area contributed by atoms with Crippen LogP contribution in [0.15, 0.2) is 40.4 Å². The molecule has 0 spiro atoms. The standard InChI is InChI=1S/C25H32N2OS2/c1-5-17(3)7-14-21-22(16-26)25(29-24(21)6-2)27-23(19-10-11-19)15-18-8-12-20(13-9-18)30(4)28/h8-9,12-13,17,27H,5-7,10-11,14-15H2,1-4H3. The largest absolute Gasteiger partial charge is 0.612 e. The maximum Gasteiger partial charge on any atom is 0.152 e. The fourth-order valence-corrected chi connectivity index (χ4v) is 5.31. The molecular weight excluding hydrogens is 408 g/mol. The van der Waals surface area contributed by atoms with E-state index in [9.17, 15) is 9.81 Å². The first-order valence-corrected chi connectivity index (χ1v) is 13.3. The van der Waals surface area contributed by atoms with Gasteiger partial charge in [-0.15, -0.1) is 11.3 Å². The van der Waals surface area contributed by atoms with Gasteiger partial charge in [-0.3, -0.25) is 0 Å². The van der Waals surface area contributed by atoms with Crippen molar-refractivity contribution in [2.45, 2.75) is 70.6 Å². The van der Waals surface area contributed by atoms with E-state index in [0.717, 1.165) is 54.0 Å². The van der Waals surface area contributed by atoms with Crippen molar-refractivity contribution >= 4 is 27.5 Å². The highest BCUT2D eigenvalue weighted by molar-refractivity contribution is 7.90. The third-order valence-electron chi connectivity index (χ3n) is 5.94. The van der Waals surface area contributed by atoms with Crippen LogP contribution in [-0.4, -0.2) is 10.8 Å². The molecule has 1 saturated carbocycles. The van der Waals surface area contributed by atoms with Crippen LogP contribution >= 0.6 is 11.3 Å². The molecule has 1 aromatic carbocycles. The fraction of sp³-hybridized carbons (Fsp3) is 0.480. The van der Waals surface area contributed by atoms with Gasteiger partial charge in [0.05, 0.1) is 5.56 Å². The van der Waals surface area contributed by atoms with Crippen LogP contribution in [0.4, 0.5) is 5.00 Å². The van der Waals surface area contributed by atoms with E-state index in [4.69, 9.17) is 0 Å². The van der Waals surface area contributed by atoms with Gasteiger partial charge >= 0.3 is 0 Å². The van der Waals surface area contributed by atoms with Gasteiger partial charge in [-0.25, -0.2) is 0 Å². The summed E-state index contributed by atoms with van der Waals surface area (Å²) in [7, 11) is 0. The van der Waals surface area contributed by atoms with Crippen LogP contribution < -0.4 is 5.32 Å². The molecule has 0 amide bonds. The summed E-state index contributed by atoms with van der Waals surface area (Å²) in [5, 5.41) is 14.6. The monoisotopic (exact) mass is 440 g/mol. The van der Waals surface area contributed by atoms with E-state index in [2.05, 4.69) is 44.3 Å². The molecule has 160 valence electrons. The lowest BCUT2D eigenvalue weighted by Crippen LogP contribution is -2.05. The topological polar surface area (TPSA) is 58.9 Å². The van der Waals surface area contributed by atoms with Gasteiger partial charge in [0.1, 0.15) is 17.3 Å². The summed E-state index contributed by atoms with van der Waals surface area (Å²) in [5.41, 5.74) is 5.98. The molecule has 1 heterocycles. The quantitative estimate of drug-likeness (QED) is 0.423. The zero-order chi connectivity index (χ0) is 21.7. The normalized spacial score (nSPS) is 14.9. The summed E-state index contributed by atoms with van der Waals surface area (Å²) < 4.78 is 11.6. The molecule has 1 aliphatic rings. The molecule has 1 aliphatic carbocycles. The molecule has 3 rings (SSSR count). The highest BCUT2D eigenvalue weighted by Gasteiger charge is 2.22. The number of nitrogens with one attached hydrogen (secondary N) is 1. The molecule has 0 aliphatic heterocycles. The number of anilines is 1. The average Bonchev–Trinajstić information content (AvgIpc) is 3.54. The van der Waals surface area contributed by atoms with Crippen molar-refractivity contribution in [3.8, 4) is 6.07 Å². The van der Waals surface area contributed by atoms with Gasteiger partial charge in [0.25, 0.3) is 0 Å². The molecule has 1 fully saturated rings. The summed E-state index contributed by atoms with van der Waals surface area (Å²) in [5.74, 6) is 0.683. The first kappa shape index (κ1) is 22.9. The Morgan fingerprint density at radius 1 is 1.27 bits per heavy atom. The van der Waals surface area contributed by atoms with E-state index in [0.29, 0.717) is 5.92 Å². The van der Waals surface area contributed by atoms with Crippen molar-refractivity contribution in [2.24, 2.45) is 5.92 Å². The SMILES string of the molecule is CCc1sc(NC(Cc2ccc([S+](C)[O-])cc2)=C2CC2)c(C#N)c1CCC(C)CC. The van der Waals surface area contributed by atoms with E-state index in [1.165, 1.54) is 33.7 Å². The Labute approximate surface area is 188 Å². The molecule has 3 nitrogen and oxygen atoms in total. The van der Waals surface area contributed by atoms with Crippen LogP contribution in [-0.2, 0) is 30.4 Å². The highest BCUT2D eigenvalue weighted by Crippen LogP contribution is 2.39. The number of rotatable bonds is 10. The Bertz CT molecular complexity index is 929. The van der Waals surface area contributed by atoms with Crippen LogP contribution in [0.25, 0.3) is 0 Å². The van der Waals surface area contributed by atoms with Crippen molar-refractivity contribution in [1.29, 1.82) is 5.26 Å². The number of allylic oxidation sites excluding steroid dienone is 2. The second-order valence-electron chi connectivity index (χ2n) is 8.21. The summed E-state index contributed by atoms with van der Waals surface area (Å²) in [4.78, 5) is 2.20. The van der Waals surface area contributed by atoms with Gasteiger partial charge in [-0.2, -0.15) is 5.26 Å². The van der Waals surface area contributed by atoms with Crippen molar-refractivity contribution in [3.05, 3.63) is 57.1 Å². The molecule has 5 heteroatoms. The van der Waals surface area contributed by atoms with Gasteiger partial charge in [-0.1, -0.05) is 39.3 Å². The lowest BCUT2D eigenvalue weighted by molar-refractivity contribution is 0.516. The van der Waals surface area contributed by atoms with E-state index in [-0.39, 0.29) is 0 Å². The fourth-order valence-electron chi connectivity index (χ4n) is 3.63. The van der Waals surface area contributed by atoms with Crippen molar-refractivity contribution < 1.29 is 4.55 Å². The second kappa shape index (κ2) is 10.5. The summed E-state index contributed by atoms with van der Waals surface area (Å²) in [6.45, 7) is 6.71. The van der Waals surface area contributed by atoms with Gasteiger partial charge in [0, 0.05) is 17.0 Å². The first-order valence-electron chi connectivity index (χ1n) is 10.9. The number of nitriles is 1. The number of thiophene rings is 1. The third-order valence-corrected chi connectivity index (χ3v) is 8.16. The second-order valence-corrected chi connectivity index (χ2v) is 10.7. The Morgan fingerprint density at radius 3 is 2.50 bits per heavy atom. The number of benzene rings is 1. The number of hydrogen-bond acceptors (Lipinski definition) is 4. The van der Waals surface area contributed by atoms with Crippen molar-refractivity contribution in [1.82, 2.24) is 0 Å². The van der Waals surface area contributed by atoms with Crippen molar-refractivity contribution in [3.63, 3.8) is 0 Å². The molecule has 0 saturated heterocycles. The minimum Gasteiger partial charge on any atom is -0.612 e. The van der Waals surface area contributed by atoms with E-state index < -0.39 is 11.2 Å². The molecule has 0 bridgehead atoms. The van der Waals surface area contributed by atoms with E-state index >= 15 is 0 Å². The molecule has 1 N–H and O–H groups in total. The molecule has 2 aromatic rings. The summed E-state index contributed by atoms with van der Waals surface area (Å²) >= 11 is 0.801. The van der Waals surface area contributed by atoms with Crippen LogP contribution in [0, 0.1) is 17.2 Å². The van der Waals surface area contributed by atoms with Gasteiger partial charge in [0.15, 0.2) is 4.90 Å². The van der Waals surface area contributed by atoms with Crippen molar-refractivity contribution in [2.75, 3.05) is 11.6 Å². The first-order chi connectivity index (χ1) is 14.5. The summed E-state index contributed by atoms with van der Waals surface area (Å²) in [6, 6.07) is 10.5. The molecule has 2 atom stereocenters. The predicted octanol–water partition coefficient (Wildman–Crippen LogP) is 6.60. The molecular formula is C25H32N2OS2. The minimum absolute atomic E-state index is 0.683. The molecule has 0 radical (unpaired) electrons. The maximum absolute atomic E-state index is 11.6. The smallest absolute Gasteiger partial charge is 0.152 e. The average molecular weight is 441 g/mol. The molecule has 30 heavy (non-hydrogen) atoms. The lowest BCUT2D eigenvalue weighted by Gasteiger charge is -2.12. The Kier molecular flexibility index (Phi) is 8.05. The molecule has 2 unspecified atom stereocenters. The Balaban J connectivity index is 1.81. The van der Waals surface area contributed by atoms with Gasteiger partial charge < -0.3 is 9.87 Å². The van der Waals surface area contributed by atoms with E-state index in [1.807, 2.05) is 12.1 Å². The van der Waals surface area contributed by atoms with Gasteiger partial charge in [0.2, 0.25) is 0 Å². The van der Waals surface area contributed by atoms with E-state index in [1.54, 1.807) is 17.6 Å². The van der Waals surface area contributed by atoms with Crippen LogP contribution in [0.2, 0.25) is 0 Å². The number of nitrogens with zero attached hydrogens (tertiary/aromatic N) is 1. The Hall–Kier alpha value is -1.74.